The Bertz CT molecular complexity index is 12.9. The van der Waals surface area contributed by atoms with Crippen molar-refractivity contribution in [1.29, 1.82) is 0 Å². The summed E-state index contributed by atoms with van der Waals surface area (Å²) in [5.74, 6) is 0. The lowest BCUT2D eigenvalue weighted by Gasteiger charge is -0.413. The van der Waals surface area contributed by atoms with E-state index in [0.717, 1.165) is 0 Å². The van der Waals surface area contributed by atoms with Gasteiger partial charge in [0.2, 0.25) is 0 Å². The average molecular weight is 223 g/mol. The van der Waals surface area contributed by atoms with Crippen LogP contribution in [0.1, 0.15) is 0 Å². The van der Waals surface area contributed by atoms with Gasteiger partial charge in [0.15, 0.2) is 34.7 Å². The molecule has 0 aliphatic heterocycles. The van der Waals surface area contributed by atoms with Crippen LogP contribution in [0.5, 0.6) is 0 Å². The molecule has 5 nitrogen and oxygen atoms in total. The summed E-state index contributed by atoms with van der Waals surface area (Å²) in [6, 6.07) is 0. The van der Waals surface area contributed by atoms with Crippen LogP contribution in [0.3, 0.4) is 0 Å². The van der Waals surface area contributed by atoms with Crippen molar-refractivity contribution < 1.29 is 27.4 Å². The summed E-state index contributed by atoms with van der Waals surface area (Å²) in [6.07, 6.45) is 0. The smallest absolute Gasteiger partial charge is 0.187 e. The second-order valence-corrected chi connectivity index (χ2v) is 0. The third-order valence-corrected chi connectivity index (χ3v) is 0. The molecule has 9 heavy (non-hydrogen) atoms. The van der Waals surface area contributed by atoms with Gasteiger partial charge in [-0.1, -0.05) is 0 Å². The highest BCUT2D eigenvalue weighted by molar-refractivity contribution is 5.85. The molecule has 0 unspecified atom stereocenters. The van der Waals surface area contributed by atoms with Crippen LogP contribution in [0, 0.1) is 0 Å². The normalized spacial score (nSPS) is 0. The van der Waals surface area contributed by atoms with Gasteiger partial charge < -0.3 is 27.4 Å². The monoisotopic (exact) mass is 222 g/mol. The molecule has 0 saturated carbocycles. The molecule has 0 radical (unpaired) electrons. The summed E-state index contributed by atoms with van der Waals surface area (Å²) in [6.45, 7) is 0. The molecule has 0 aromatic carbocycles. The van der Waals surface area contributed by atoms with Gasteiger partial charge in [0.1, 0.15) is 0 Å². The lowest BCUT2D eigenvalue weighted by molar-refractivity contribution is 0.823. The third-order valence-electron chi connectivity index (χ3n) is 0. The highest BCUT2D eigenvalue weighted by atomic mass is 35.5. The molecule has 0 aromatic heterocycles. The van der Waals surface area contributed by atoms with Crippen LogP contribution in [0.15, 0.2) is 0 Å². The maximum absolute atomic E-state index is 0. The third kappa shape index (κ3) is 251. The van der Waals surface area contributed by atoms with Crippen molar-refractivity contribution in [2.45, 2.75) is 0 Å². The SMILES string of the molecule is Cl.Cl.O.O.O.O.O.[AlH3].[AlH3]. The van der Waals surface area contributed by atoms with E-state index < -0.39 is 0 Å². The van der Waals surface area contributed by atoms with Gasteiger partial charge in [-0.15, -0.1) is 24.8 Å². The maximum Gasteiger partial charge on any atom is 0.187 e. The molecule has 0 bridgehead atoms. The molecular weight excluding hydrogens is 205 g/mol. The fraction of sp³-hybridized carbons (Fsp3) is 0. The summed E-state index contributed by atoms with van der Waals surface area (Å²) in [5.41, 5.74) is 0. The Balaban J connectivity index is 0. The first-order chi connectivity index (χ1) is 0. The van der Waals surface area contributed by atoms with Crippen LogP contribution in [0.25, 0.3) is 0 Å². The first-order valence-corrected chi connectivity index (χ1v) is 0. The van der Waals surface area contributed by atoms with Crippen LogP contribution < -0.4 is 0 Å². The highest BCUT2D eigenvalue weighted by Crippen LogP contribution is 0.691. The lowest BCUT2D eigenvalue weighted by Crippen LogP contribution is -0.382. The van der Waals surface area contributed by atoms with Gasteiger partial charge in [-0.25, -0.2) is 0 Å². The van der Waals surface area contributed by atoms with Gasteiger partial charge in [0, 0.05) is 0 Å². The Labute approximate surface area is 86.8 Å². The van der Waals surface area contributed by atoms with Crippen molar-refractivity contribution in [3.8, 4) is 0 Å². The largest absolute Gasteiger partial charge is 0.412 e. The van der Waals surface area contributed by atoms with Gasteiger partial charge in [0.25, 0.3) is 0 Å². The van der Waals surface area contributed by atoms with E-state index in [1.165, 1.54) is 0 Å². The van der Waals surface area contributed by atoms with E-state index in [-0.39, 0.29) is 86.9 Å². The summed E-state index contributed by atoms with van der Waals surface area (Å²) in [4.78, 5) is 0. The van der Waals surface area contributed by atoms with Crippen LogP contribution in [0.2, 0.25) is 0 Å². The molecule has 0 rings (SSSR count). The summed E-state index contributed by atoms with van der Waals surface area (Å²) in [7, 11) is 0. The quantitative estimate of drug-likeness (QED) is 0.358. The van der Waals surface area contributed by atoms with Crippen LogP contribution >= 0.6 is 24.8 Å². The first-order valence-electron chi connectivity index (χ1n) is 0. The van der Waals surface area contributed by atoms with Crippen molar-refractivity contribution >= 4 is 59.5 Å². The van der Waals surface area contributed by atoms with Crippen molar-refractivity contribution in [1.82, 2.24) is 0 Å². The van der Waals surface area contributed by atoms with Gasteiger partial charge in [-0.2, -0.15) is 0 Å². The van der Waals surface area contributed by atoms with Crippen molar-refractivity contribution in [3.63, 3.8) is 0 Å². The summed E-state index contributed by atoms with van der Waals surface area (Å²) < 4.78 is 0. The van der Waals surface area contributed by atoms with E-state index in [9.17, 15) is 0 Å². The van der Waals surface area contributed by atoms with E-state index >= 15 is 0 Å². The molecule has 0 aliphatic carbocycles. The van der Waals surface area contributed by atoms with Crippen molar-refractivity contribution in [3.05, 3.63) is 0 Å². The molecule has 0 atom stereocenters. The van der Waals surface area contributed by atoms with Crippen molar-refractivity contribution in [2.75, 3.05) is 0 Å². The Hall–Kier alpha value is 1.44. The molecule has 0 heterocycles. The Morgan fingerprint density at radius 1 is 0.333 bits per heavy atom. The number of hydrogen-bond acceptors (Lipinski definition) is 0. The van der Waals surface area contributed by atoms with Gasteiger partial charge in [0.05, 0.1) is 0 Å². The minimum absolute atomic E-state index is 0. The topological polar surface area (TPSA) is 158 Å². The zero-order valence-corrected chi connectivity index (χ0v) is 4.95. The molecule has 10 N–H and O–H groups in total. The van der Waals surface area contributed by atoms with Gasteiger partial charge >= 0.3 is 0 Å². The molecule has 0 spiro atoms. The maximum atomic E-state index is 0. The Morgan fingerprint density at radius 3 is 0.333 bits per heavy atom. The summed E-state index contributed by atoms with van der Waals surface area (Å²) >= 11 is 0. The van der Waals surface area contributed by atoms with Crippen LogP contribution in [-0.4, -0.2) is 62.1 Å². The predicted molar refractivity (Wildman–Crippen MR) is 52.4 cm³/mol. The van der Waals surface area contributed by atoms with E-state index in [0.29, 0.717) is 0 Å². The first kappa shape index (κ1) is 446. The highest BCUT2D eigenvalue weighted by Gasteiger charge is 0.188. The number of hydrogen-bond donors (Lipinski definition) is 0. The minimum atomic E-state index is 0. The predicted octanol–water partition coefficient (Wildman–Crippen LogP) is -5.65. The molecule has 0 amide bonds. The average Bonchev–Trinajstić information content (AvgIpc) is 0. The van der Waals surface area contributed by atoms with E-state index in [2.05, 4.69) is 0 Å². The number of rotatable bonds is 0. The van der Waals surface area contributed by atoms with Gasteiger partial charge in [-0.3, -0.25) is 0 Å². The van der Waals surface area contributed by atoms with Gasteiger partial charge in [-0.05, 0) is 0 Å². The minimum Gasteiger partial charge on any atom is -0.412 e. The molecule has 68 valence electrons. The Kier molecular flexibility index (Phi) is 16000. The lowest BCUT2D eigenvalue weighted by atomic mass is 16.0. The van der Waals surface area contributed by atoms with Crippen LogP contribution in [0.4, 0.5) is 0 Å². The molecule has 0 aromatic rings. The second-order valence-electron chi connectivity index (χ2n) is 0. The zero-order valence-electron chi connectivity index (χ0n) is 3.32. The fourth-order valence-corrected chi connectivity index (χ4v) is 0. The standard InChI is InChI=1S/2Al.2ClH.5H2O.6H/h;;2*1H;5*1H2;;;;;;. The van der Waals surface area contributed by atoms with Crippen molar-refractivity contribution in [2.24, 2.45) is 0 Å². The number of halogens is 2. The second kappa shape index (κ2) is 323. The van der Waals surface area contributed by atoms with Crippen LogP contribution in [-0.2, 0) is 0 Å². The Morgan fingerprint density at radius 2 is 0.333 bits per heavy atom. The van der Waals surface area contributed by atoms with E-state index in [1.807, 2.05) is 0 Å². The summed E-state index contributed by atoms with van der Waals surface area (Å²) in [5, 5.41) is 0. The zero-order chi connectivity index (χ0) is 0. The molecule has 9 heteroatoms. The molecule has 0 aliphatic rings. The molecular formula is H18Al2Cl2O5. The molecule has 0 fully saturated rings. The molecule has 0 saturated heterocycles. The van der Waals surface area contributed by atoms with E-state index in [4.69, 9.17) is 0 Å². The fourth-order valence-electron chi connectivity index (χ4n) is 0. The van der Waals surface area contributed by atoms with E-state index in [1.54, 1.807) is 0 Å².